The van der Waals surface area contributed by atoms with Crippen LogP contribution in [0.4, 0.5) is 0 Å². The normalized spacial score (nSPS) is 18.4. The van der Waals surface area contributed by atoms with Gasteiger partial charge in [-0.3, -0.25) is 9.59 Å². The van der Waals surface area contributed by atoms with Gasteiger partial charge in [0.05, 0.1) is 11.6 Å². The highest BCUT2D eigenvalue weighted by Crippen LogP contribution is 2.40. The van der Waals surface area contributed by atoms with Gasteiger partial charge in [-0.1, -0.05) is 66.2 Å². The van der Waals surface area contributed by atoms with E-state index in [4.69, 9.17) is 0 Å². The number of hydrogen-bond acceptors (Lipinski definition) is 4. The molecule has 0 saturated carbocycles. The number of likely N-dealkylation sites (tertiary alicyclic amines) is 1. The lowest BCUT2D eigenvalue weighted by Crippen LogP contribution is -2.38. The summed E-state index contributed by atoms with van der Waals surface area (Å²) >= 11 is 3.38. The number of nitrogens with zero attached hydrogens (tertiary/aromatic N) is 2. The Bertz CT molecular complexity index is 965. The minimum absolute atomic E-state index is 0.139. The molecule has 158 valence electrons. The second-order valence-corrected chi connectivity index (χ2v) is 8.30. The highest BCUT2D eigenvalue weighted by molar-refractivity contribution is 9.10. The Hall–Kier alpha value is -2.44. The van der Waals surface area contributed by atoms with Crippen molar-refractivity contribution in [3.63, 3.8) is 0 Å². The number of ketones is 1. The summed E-state index contributed by atoms with van der Waals surface area (Å²) in [5.74, 6) is -1.34. The molecule has 1 fully saturated rings. The van der Waals surface area contributed by atoms with Crippen molar-refractivity contribution in [2.24, 2.45) is 0 Å². The van der Waals surface area contributed by atoms with Gasteiger partial charge in [-0.15, -0.1) is 0 Å². The molecule has 0 bridgehead atoms. The maximum Gasteiger partial charge on any atom is 0.295 e. The van der Waals surface area contributed by atoms with Crippen LogP contribution < -0.4 is 0 Å². The predicted molar refractivity (Wildman–Crippen MR) is 122 cm³/mol. The van der Waals surface area contributed by atoms with E-state index in [0.717, 1.165) is 28.7 Å². The molecular formula is C24H27BrN2O3. The van der Waals surface area contributed by atoms with Crippen molar-refractivity contribution in [1.29, 1.82) is 0 Å². The molecule has 0 spiro atoms. The molecule has 1 atom stereocenters. The largest absolute Gasteiger partial charge is 0.507 e. The fourth-order valence-corrected chi connectivity index (χ4v) is 4.14. The molecule has 2 aromatic rings. The Kier molecular flexibility index (Phi) is 7.10. The lowest BCUT2D eigenvalue weighted by atomic mass is 9.92. The highest BCUT2D eigenvalue weighted by atomic mass is 79.9. The van der Waals surface area contributed by atoms with E-state index in [1.165, 1.54) is 0 Å². The molecule has 1 N–H and O–H groups in total. The van der Waals surface area contributed by atoms with E-state index < -0.39 is 17.7 Å². The molecule has 1 unspecified atom stereocenters. The lowest BCUT2D eigenvalue weighted by molar-refractivity contribution is -0.140. The van der Waals surface area contributed by atoms with Crippen LogP contribution in [0, 0.1) is 6.92 Å². The maximum absolute atomic E-state index is 13.0. The molecular weight excluding hydrogens is 444 g/mol. The van der Waals surface area contributed by atoms with Crippen molar-refractivity contribution < 1.29 is 14.7 Å². The molecule has 6 heteroatoms. The Morgan fingerprint density at radius 2 is 1.70 bits per heavy atom. The van der Waals surface area contributed by atoms with E-state index in [0.29, 0.717) is 18.7 Å². The molecule has 30 heavy (non-hydrogen) atoms. The molecule has 3 rings (SSSR count). The third-order valence-electron chi connectivity index (χ3n) is 5.69. The summed E-state index contributed by atoms with van der Waals surface area (Å²) in [6.45, 7) is 8.93. The second-order valence-electron chi connectivity index (χ2n) is 7.38. The van der Waals surface area contributed by atoms with Crippen LogP contribution in [0.15, 0.2) is 58.6 Å². The van der Waals surface area contributed by atoms with Gasteiger partial charge in [0.15, 0.2) is 0 Å². The van der Waals surface area contributed by atoms with Gasteiger partial charge in [0, 0.05) is 23.1 Å². The molecule has 0 aliphatic carbocycles. The Labute approximate surface area is 186 Å². The standard InChI is InChI=1S/C24H27BrN2O3/c1-4-26(5-2)14-15-27-21(19-9-7-6-8-16(19)3)20(23(29)24(27)30)22(28)17-10-12-18(25)13-11-17/h6-13,21,28H,4-5,14-15H2,1-3H3/b22-20-. The van der Waals surface area contributed by atoms with Crippen molar-refractivity contribution in [2.45, 2.75) is 26.8 Å². The summed E-state index contributed by atoms with van der Waals surface area (Å²) in [6, 6.07) is 14.2. The zero-order chi connectivity index (χ0) is 21.8. The number of Topliss-reactive ketones (excluding diaryl/α,β-unsaturated/α-hetero) is 1. The SMILES string of the molecule is CCN(CC)CCN1C(=O)C(=O)/C(=C(\O)c2ccc(Br)cc2)C1c1ccccc1C. The van der Waals surface area contributed by atoms with E-state index in [1.54, 1.807) is 29.2 Å². The fraction of sp³-hybridized carbons (Fsp3) is 0.333. The van der Waals surface area contributed by atoms with Gasteiger partial charge in [-0.2, -0.15) is 0 Å². The smallest absolute Gasteiger partial charge is 0.295 e. The lowest BCUT2D eigenvalue weighted by Gasteiger charge is -2.29. The molecule has 1 aliphatic rings. The number of benzene rings is 2. The first-order chi connectivity index (χ1) is 14.4. The number of aliphatic hydroxyl groups is 1. The van der Waals surface area contributed by atoms with Crippen LogP contribution in [0.5, 0.6) is 0 Å². The summed E-state index contributed by atoms with van der Waals surface area (Å²) in [4.78, 5) is 29.9. The second kappa shape index (κ2) is 9.58. The zero-order valence-electron chi connectivity index (χ0n) is 17.6. The number of amides is 1. The third-order valence-corrected chi connectivity index (χ3v) is 6.22. The number of hydrogen-bond donors (Lipinski definition) is 1. The number of rotatable bonds is 7. The van der Waals surface area contributed by atoms with Crippen LogP contribution in [0.1, 0.15) is 36.6 Å². The molecule has 0 aromatic heterocycles. The van der Waals surface area contributed by atoms with Crippen molar-refractivity contribution in [1.82, 2.24) is 9.80 Å². The predicted octanol–water partition coefficient (Wildman–Crippen LogP) is 4.52. The van der Waals surface area contributed by atoms with Gasteiger partial charge in [-0.05, 0) is 43.3 Å². The van der Waals surface area contributed by atoms with Crippen LogP contribution in [0.2, 0.25) is 0 Å². The average molecular weight is 471 g/mol. The molecule has 1 aliphatic heterocycles. The molecule has 0 radical (unpaired) electrons. The zero-order valence-corrected chi connectivity index (χ0v) is 19.1. The van der Waals surface area contributed by atoms with Crippen molar-refractivity contribution in [3.05, 3.63) is 75.3 Å². The van der Waals surface area contributed by atoms with Gasteiger partial charge in [-0.25, -0.2) is 0 Å². The summed E-state index contributed by atoms with van der Waals surface area (Å²) in [5.41, 5.74) is 2.49. The molecule has 1 heterocycles. The summed E-state index contributed by atoms with van der Waals surface area (Å²) in [7, 11) is 0. The molecule has 1 amide bonds. The Morgan fingerprint density at radius 1 is 1.07 bits per heavy atom. The van der Waals surface area contributed by atoms with Crippen molar-refractivity contribution in [2.75, 3.05) is 26.2 Å². The first-order valence-corrected chi connectivity index (χ1v) is 11.0. The van der Waals surface area contributed by atoms with Crippen LogP contribution >= 0.6 is 15.9 Å². The minimum Gasteiger partial charge on any atom is -0.507 e. The van der Waals surface area contributed by atoms with E-state index in [1.807, 2.05) is 31.2 Å². The van der Waals surface area contributed by atoms with Crippen LogP contribution in [0.25, 0.3) is 5.76 Å². The summed E-state index contributed by atoms with van der Waals surface area (Å²) in [5, 5.41) is 11.1. The third kappa shape index (κ3) is 4.35. The van der Waals surface area contributed by atoms with E-state index in [9.17, 15) is 14.7 Å². The number of aryl methyl sites for hydroxylation is 1. The maximum atomic E-state index is 13.0. The van der Waals surface area contributed by atoms with Gasteiger partial charge in [0.25, 0.3) is 11.7 Å². The van der Waals surface area contributed by atoms with Gasteiger partial charge in [0.1, 0.15) is 5.76 Å². The first kappa shape index (κ1) is 22.2. The molecule has 5 nitrogen and oxygen atoms in total. The number of carbonyl (C=O) groups is 2. The summed E-state index contributed by atoms with van der Waals surface area (Å²) in [6.07, 6.45) is 0. The van der Waals surface area contributed by atoms with E-state index in [-0.39, 0.29) is 11.3 Å². The number of likely N-dealkylation sites (N-methyl/N-ethyl adjacent to an activating group) is 1. The number of carbonyl (C=O) groups excluding carboxylic acids is 2. The Balaban J connectivity index is 2.11. The van der Waals surface area contributed by atoms with E-state index >= 15 is 0 Å². The van der Waals surface area contributed by atoms with Gasteiger partial charge >= 0.3 is 0 Å². The Morgan fingerprint density at radius 3 is 2.30 bits per heavy atom. The number of halogens is 1. The summed E-state index contributed by atoms with van der Waals surface area (Å²) < 4.78 is 0.870. The quantitative estimate of drug-likeness (QED) is 0.367. The number of aliphatic hydroxyl groups excluding tert-OH is 1. The fourth-order valence-electron chi connectivity index (χ4n) is 3.88. The molecule has 1 saturated heterocycles. The highest BCUT2D eigenvalue weighted by Gasteiger charge is 2.46. The first-order valence-electron chi connectivity index (χ1n) is 10.2. The van der Waals surface area contributed by atoms with Crippen LogP contribution in [-0.2, 0) is 9.59 Å². The van der Waals surface area contributed by atoms with Crippen molar-refractivity contribution in [3.8, 4) is 0 Å². The monoisotopic (exact) mass is 470 g/mol. The van der Waals surface area contributed by atoms with Gasteiger partial charge < -0.3 is 14.9 Å². The average Bonchev–Trinajstić information content (AvgIpc) is 2.99. The topological polar surface area (TPSA) is 60.9 Å². The van der Waals surface area contributed by atoms with Gasteiger partial charge in [0.2, 0.25) is 0 Å². The van der Waals surface area contributed by atoms with Crippen molar-refractivity contribution >= 4 is 33.4 Å². The van der Waals surface area contributed by atoms with E-state index in [2.05, 4.69) is 34.7 Å². The molecule has 2 aromatic carbocycles. The minimum atomic E-state index is -0.636. The van der Waals surface area contributed by atoms with Crippen LogP contribution in [-0.4, -0.2) is 52.8 Å². The van der Waals surface area contributed by atoms with Crippen LogP contribution in [0.3, 0.4) is 0 Å².